The molecule has 1 N–H and O–H groups in total. The number of sulfonamides is 1. The van der Waals surface area contributed by atoms with Gasteiger partial charge in [0.05, 0.1) is 0 Å². The molecule has 0 saturated heterocycles. The summed E-state index contributed by atoms with van der Waals surface area (Å²) in [5.74, 6) is -0.183. The first kappa shape index (κ1) is 19.1. The summed E-state index contributed by atoms with van der Waals surface area (Å²) in [6.07, 6.45) is 0. The van der Waals surface area contributed by atoms with Gasteiger partial charge < -0.3 is 4.74 Å². The zero-order valence-corrected chi connectivity index (χ0v) is 16.4. The minimum atomic E-state index is -4.05. The smallest absolute Gasteiger partial charge is 0.282 e. The zero-order valence-electron chi connectivity index (χ0n) is 14.8. The second-order valence-electron chi connectivity index (χ2n) is 5.90. The van der Waals surface area contributed by atoms with Crippen molar-refractivity contribution in [1.29, 1.82) is 0 Å². The number of nitrogens with zero attached hydrogens (tertiary/aromatic N) is 1. The highest BCUT2D eigenvalue weighted by molar-refractivity contribution is 7.90. The van der Waals surface area contributed by atoms with Crippen LogP contribution in [0, 0.1) is 13.8 Å². The number of aryl methyl sites for hydroxylation is 2. The number of ether oxygens (including phenoxy) is 1. The Morgan fingerprint density at radius 3 is 2.41 bits per heavy atom. The van der Waals surface area contributed by atoms with Crippen LogP contribution < -0.4 is 9.46 Å². The van der Waals surface area contributed by atoms with Crippen LogP contribution in [0.1, 0.15) is 11.1 Å². The van der Waals surface area contributed by atoms with Crippen molar-refractivity contribution in [3.8, 4) is 16.3 Å². The van der Waals surface area contributed by atoms with E-state index in [1.165, 1.54) is 16.7 Å². The lowest BCUT2D eigenvalue weighted by atomic mass is 10.1. The number of aromatic nitrogens is 1. The second kappa shape index (κ2) is 7.89. The van der Waals surface area contributed by atoms with Crippen LogP contribution in [0.5, 0.6) is 5.75 Å². The fourth-order valence-electron chi connectivity index (χ4n) is 2.49. The van der Waals surface area contributed by atoms with Gasteiger partial charge in [-0.05, 0) is 25.0 Å². The summed E-state index contributed by atoms with van der Waals surface area (Å²) in [5, 5.41) is 1.78. The number of hydrogen-bond donors (Lipinski definition) is 1. The van der Waals surface area contributed by atoms with Crippen LogP contribution in [0.3, 0.4) is 0 Å². The Morgan fingerprint density at radius 1 is 1.07 bits per heavy atom. The monoisotopic (exact) mass is 402 g/mol. The van der Waals surface area contributed by atoms with E-state index in [2.05, 4.69) is 4.98 Å². The van der Waals surface area contributed by atoms with E-state index in [1.807, 2.05) is 67.1 Å². The maximum Gasteiger partial charge on any atom is 0.282 e. The fourth-order valence-corrected chi connectivity index (χ4v) is 4.56. The maximum atomic E-state index is 12.4. The largest absolute Gasteiger partial charge is 0.483 e. The lowest BCUT2D eigenvalue weighted by Crippen LogP contribution is -2.34. The number of carbonyl (C=O) groups is 1. The Kier molecular flexibility index (Phi) is 5.57. The topological polar surface area (TPSA) is 85.4 Å². The summed E-state index contributed by atoms with van der Waals surface area (Å²) >= 11 is 1.20. The zero-order chi connectivity index (χ0) is 19.4. The number of amides is 1. The highest BCUT2D eigenvalue weighted by Gasteiger charge is 2.22. The van der Waals surface area contributed by atoms with Crippen LogP contribution in [-0.2, 0) is 14.8 Å². The third-order valence-corrected chi connectivity index (χ3v) is 6.08. The van der Waals surface area contributed by atoms with Gasteiger partial charge in [-0.2, -0.15) is 8.42 Å². The lowest BCUT2D eigenvalue weighted by molar-refractivity contribution is -0.121. The van der Waals surface area contributed by atoms with E-state index in [0.717, 1.165) is 16.7 Å². The van der Waals surface area contributed by atoms with Gasteiger partial charge in [-0.3, -0.25) is 4.79 Å². The van der Waals surface area contributed by atoms with E-state index in [1.54, 1.807) is 0 Å². The first-order chi connectivity index (χ1) is 12.9. The number of hydrogen-bond acceptors (Lipinski definition) is 6. The Labute approximate surface area is 161 Å². The maximum absolute atomic E-state index is 12.4. The van der Waals surface area contributed by atoms with Crippen LogP contribution in [0.15, 0.2) is 58.9 Å². The van der Waals surface area contributed by atoms with Crippen LogP contribution in [-0.4, -0.2) is 25.9 Å². The number of thiazole rings is 1. The Balaban J connectivity index is 1.68. The summed E-state index contributed by atoms with van der Waals surface area (Å²) in [6, 6.07) is 14.8. The molecule has 8 heteroatoms. The first-order valence-corrected chi connectivity index (χ1v) is 10.5. The van der Waals surface area contributed by atoms with Crippen LogP contribution in [0.25, 0.3) is 10.6 Å². The Bertz CT molecular complexity index is 1040. The Hall–Kier alpha value is -2.71. The van der Waals surface area contributed by atoms with Gasteiger partial charge in [-0.25, -0.2) is 9.71 Å². The van der Waals surface area contributed by atoms with E-state index in [4.69, 9.17) is 4.74 Å². The van der Waals surface area contributed by atoms with E-state index < -0.39 is 22.5 Å². The van der Waals surface area contributed by atoms with Crippen molar-refractivity contribution < 1.29 is 17.9 Å². The van der Waals surface area contributed by atoms with Gasteiger partial charge in [0.25, 0.3) is 15.9 Å². The van der Waals surface area contributed by atoms with Crippen molar-refractivity contribution in [3.63, 3.8) is 0 Å². The SMILES string of the molecule is Cc1cccc(C)c1OCC(=O)NS(=O)(=O)c1csc(-c2ccccc2)n1. The standard InChI is InChI=1S/C19H18N2O4S2/c1-13-7-6-8-14(2)18(13)25-11-16(22)21-27(23,24)17-12-26-19(20-17)15-9-4-3-5-10-15/h3-10,12H,11H2,1-2H3,(H,21,22). The van der Waals surface area contributed by atoms with E-state index in [9.17, 15) is 13.2 Å². The molecule has 1 aromatic heterocycles. The summed E-state index contributed by atoms with van der Waals surface area (Å²) in [6.45, 7) is 3.31. The minimum absolute atomic E-state index is 0.188. The molecular formula is C19H18N2O4S2. The molecule has 0 atom stereocenters. The quantitative estimate of drug-likeness (QED) is 0.684. The van der Waals surface area contributed by atoms with Crippen molar-refractivity contribution in [2.45, 2.75) is 18.9 Å². The molecule has 0 aliphatic carbocycles. The van der Waals surface area contributed by atoms with Crippen LogP contribution in [0.2, 0.25) is 0 Å². The molecule has 0 unspecified atom stereocenters. The van der Waals surface area contributed by atoms with Gasteiger partial charge in [0.1, 0.15) is 10.8 Å². The third kappa shape index (κ3) is 4.53. The van der Waals surface area contributed by atoms with Gasteiger partial charge in [0, 0.05) is 10.9 Å². The van der Waals surface area contributed by atoms with E-state index in [0.29, 0.717) is 10.8 Å². The van der Waals surface area contributed by atoms with Crippen LogP contribution >= 0.6 is 11.3 Å². The van der Waals surface area contributed by atoms with Crippen molar-refractivity contribution in [3.05, 3.63) is 65.0 Å². The van der Waals surface area contributed by atoms with Gasteiger partial charge in [0.2, 0.25) is 0 Å². The highest BCUT2D eigenvalue weighted by atomic mass is 32.2. The Morgan fingerprint density at radius 2 is 1.74 bits per heavy atom. The average molecular weight is 402 g/mol. The molecule has 6 nitrogen and oxygen atoms in total. The molecule has 140 valence electrons. The number of rotatable bonds is 6. The minimum Gasteiger partial charge on any atom is -0.483 e. The molecule has 0 fully saturated rings. The lowest BCUT2D eigenvalue weighted by Gasteiger charge is -2.11. The molecule has 0 spiro atoms. The van der Waals surface area contributed by atoms with Gasteiger partial charge in [0.15, 0.2) is 11.6 Å². The van der Waals surface area contributed by atoms with Gasteiger partial charge >= 0.3 is 0 Å². The molecule has 3 aromatic rings. The van der Waals surface area contributed by atoms with Crippen molar-refractivity contribution in [2.75, 3.05) is 6.61 Å². The molecule has 3 rings (SSSR count). The first-order valence-electron chi connectivity index (χ1n) is 8.12. The van der Waals surface area contributed by atoms with Crippen molar-refractivity contribution in [1.82, 2.24) is 9.71 Å². The van der Waals surface area contributed by atoms with E-state index in [-0.39, 0.29) is 5.03 Å². The molecular weight excluding hydrogens is 384 g/mol. The molecule has 27 heavy (non-hydrogen) atoms. The van der Waals surface area contributed by atoms with E-state index >= 15 is 0 Å². The van der Waals surface area contributed by atoms with Gasteiger partial charge in [-0.1, -0.05) is 48.5 Å². The normalized spacial score (nSPS) is 11.2. The molecule has 0 aliphatic heterocycles. The molecule has 1 amide bonds. The van der Waals surface area contributed by atoms with Crippen molar-refractivity contribution >= 4 is 27.3 Å². The molecule has 0 radical (unpaired) electrons. The fraction of sp³-hybridized carbons (Fsp3) is 0.158. The molecule has 1 heterocycles. The third-order valence-electron chi connectivity index (χ3n) is 3.78. The second-order valence-corrected chi connectivity index (χ2v) is 8.38. The summed E-state index contributed by atoms with van der Waals surface area (Å²) < 4.78 is 32.3. The molecule has 0 saturated carbocycles. The number of carbonyl (C=O) groups excluding carboxylic acids is 1. The highest BCUT2D eigenvalue weighted by Crippen LogP contribution is 2.25. The summed E-state index contributed by atoms with van der Waals surface area (Å²) in [7, 11) is -4.05. The number of para-hydroxylation sites is 1. The van der Waals surface area contributed by atoms with Crippen LogP contribution in [0.4, 0.5) is 0 Å². The summed E-state index contributed by atoms with van der Waals surface area (Å²) in [4.78, 5) is 16.2. The van der Waals surface area contributed by atoms with Crippen molar-refractivity contribution in [2.24, 2.45) is 0 Å². The predicted octanol–water partition coefficient (Wildman–Crippen LogP) is 3.31. The average Bonchev–Trinajstić information content (AvgIpc) is 3.13. The number of nitrogens with one attached hydrogen (secondary N) is 1. The molecule has 0 bridgehead atoms. The summed E-state index contributed by atoms with van der Waals surface area (Å²) in [5.41, 5.74) is 2.56. The predicted molar refractivity (Wildman–Crippen MR) is 104 cm³/mol. The van der Waals surface area contributed by atoms with Gasteiger partial charge in [-0.15, -0.1) is 11.3 Å². The molecule has 2 aromatic carbocycles. The molecule has 0 aliphatic rings. The number of benzene rings is 2.